The summed E-state index contributed by atoms with van der Waals surface area (Å²) in [5, 5.41) is 19.6. The lowest BCUT2D eigenvalue weighted by molar-refractivity contribution is -0.138. The summed E-state index contributed by atoms with van der Waals surface area (Å²) in [7, 11) is 1.40. The van der Waals surface area contributed by atoms with Crippen LogP contribution in [0.2, 0.25) is 0 Å². The van der Waals surface area contributed by atoms with Gasteiger partial charge < -0.3 is 19.1 Å². The average molecular weight is 410 g/mol. The van der Waals surface area contributed by atoms with Crippen LogP contribution in [0.25, 0.3) is 11.3 Å². The zero-order valence-corrected chi connectivity index (χ0v) is 16.2. The molecule has 1 aromatic carbocycles. The molecule has 29 heavy (non-hydrogen) atoms. The zero-order valence-electron chi connectivity index (χ0n) is 16.2. The highest BCUT2D eigenvalue weighted by Crippen LogP contribution is 2.33. The van der Waals surface area contributed by atoms with Gasteiger partial charge in [0.25, 0.3) is 5.56 Å². The minimum absolute atomic E-state index is 0.0528. The van der Waals surface area contributed by atoms with E-state index in [9.17, 15) is 28.3 Å². The van der Waals surface area contributed by atoms with Crippen LogP contribution in [0, 0.1) is 18.3 Å². The van der Waals surface area contributed by atoms with Gasteiger partial charge in [-0.25, -0.2) is 0 Å². The molecule has 0 saturated heterocycles. The summed E-state index contributed by atoms with van der Waals surface area (Å²) < 4.78 is 51.4. The van der Waals surface area contributed by atoms with Gasteiger partial charge in [0, 0.05) is 7.11 Å². The van der Waals surface area contributed by atoms with E-state index in [1.165, 1.54) is 20.1 Å². The molecule has 1 heterocycles. The second-order valence-electron chi connectivity index (χ2n) is 6.56. The molecule has 9 heteroatoms. The number of nitrogens with zero attached hydrogens (tertiary/aromatic N) is 2. The second kappa shape index (κ2) is 9.22. The number of hydrogen-bond acceptors (Lipinski definition) is 5. The fourth-order valence-corrected chi connectivity index (χ4v) is 2.82. The summed E-state index contributed by atoms with van der Waals surface area (Å²) in [5.74, 6) is 0. The summed E-state index contributed by atoms with van der Waals surface area (Å²) in [6.07, 6.45) is -6.87. The SMILES string of the molecule is COCOC(C)C(O)Cn1c(-c2cccc(C)c2)cc(C(F)(F)F)c(C#N)c1=O. The Kier molecular flexibility index (Phi) is 7.19. The highest BCUT2D eigenvalue weighted by molar-refractivity contribution is 5.63. The number of benzene rings is 1. The molecule has 0 aliphatic rings. The van der Waals surface area contributed by atoms with Gasteiger partial charge in [-0.1, -0.05) is 23.8 Å². The standard InChI is InChI=1S/C20H21F3N2O4/c1-12-5-4-6-14(7-12)17-8-16(20(21,22)23)15(9-24)19(27)25(17)10-18(26)13(2)29-11-28-3/h4-8,13,18,26H,10-11H2,1-3H3. The van der Waals surface area contributed by atoms with Crippen LogP contribution < -0.4 is 5.56 Å². The molecule has 0 radical (unpaired) electrons. The Labute approximate surface area is 165 Å². The minimum atomic E-state index is -4.88. The van der Waals surface area contributed by atoms with Crippen LogP contribution in [0.4, 0.5) is 13.2 Å². The summed E-state index contributed by atoms with van der Waals surface area (Å²) in [6.45, 7) is 2.83. The van der Waals surface area contributed by atoms with Crippen molar-refractivity contribution in [3.63, 3.8) is 0 Å². The van der Waals surface area contributed by atoms with E-state index in [-0.39, 0.29) is 19.0 Å². The number of alkyl halides is 3. The lowest BCUT2D eigenvalue weighted by atomic mass is 10.0. The number of pyridine rings is 1. The molecule has 0 aliphatic heterocycles. The Morgan fingerprint density at radius 1 is 1.31 bits per heavy atom. The second-order valence-corrected chi connectivity index (χ2v) is 6.56. The first kappa shape index (κ1) is 22.6. The molecular weight excluding hydrogens is 389 g/mol. The van der Waals surface area contributed by atoms with Crippen molar-refractivity contribution in [2.75, 3.05) is 13.9 Å². The van der Waals surface area contributed by atoms with Crippen molar-refractivity contribution in [1.29, 1.82) is 5.26 Å². The molecule has 2 atom stereocenters. The number of nitriles is 1. The van der Waals surface area contributed by atoms with Crippen LogP contribution in [-0.2, 0) is 22.2 Å². The van der Waals surface area contributed by atoms with Gasteiger partial charge in [-0.2, -0.15) is 18.4 Å². The molecule has 6 nitrogen and oxygen atoms in total. The fourth-order valence-electron chi connectivity index (χ4n) is 2.82. The number of hydrogen-bond donors (Lipinski definition) is 1. The van der Waals surface area contributed by atoms with E-state index in [1.54, 1.807) is 31.2 Å². The number of ether oxygens (including phenoxy) is 2. The number of halogens is 3. The molecule has 0 aliphatic carbocycles. The number of aryl methyl sites for hydroxylation is 1. The number of aliphatic hydroxyl groups excluding tert-OH is 1. The van der Waals surface area contributed by atoms with Crippen LogP contribution >= 0.6 is 0 Å². The number of methoxy groups -OCH3 is 1. The van der Waals surface area contributed by atoms with Gasteiger partial charge in [0.1, 0.15) is 18.4 Å². The normalized spacial score (nSPS) is 13.7. The number of aromatic nitrogens is 1. The summed E-state index contributed by atoms with van der Waals surface area (Å²) in [6, 6.07) is 8.70. The molecule has 2 unspecified atom stereocenters. The van der Waals surface area contributed by atoms with E-state index in [0.717, 1.165) is 16.2 Å². The van der Waals surface area contributed by atoms with Crippen molar-refractivity contribution in [3.8, 4) is 17.3 Å². The molecule has 2 aromatic rings. The first-order valence-corrected chi connectivity index (χ1v) is 8.71. The molecule has 0 amide bonds. The van der Waals surface area contributed by atoms with Crippen LogP contribution in [0.3, 0.4) is 0 Å². The fraction of sp³-hybridized carbons (Fsp3) is 0.400. The van der Waals surface area contributed by atoms with Gasteiger partial charge in [-0.15, -0.1) is 0 Å². The third-order valence-corrected chi connectivity index (χ3v) is 4.39. The Hall–Kier alpha value is -2.67. The van der Waals surface area contributed by atoms with E-state index in [1.807, 2.05) is 0 Å². The first-order valence-electron chi connectivity index (χ1n) is 8.71. The highest BCUT2D eigenvalue weighted by atomic mass is 19.4. The molecule has 1 aromatic heterocycles. The van der Waals surface area contributed by atoms with Crippen LogP contribution in [0.1, 0.15) is 23.6 Å². The summed E-state index contributed by atoms with van der Waals surface area (Å²) >= 11 is 0. The lowest BCUT2D eigenvalue weighted by Crippen LogP contribution is -2.37. The maximum absolute atomic E-state index is 13.5. The molecule has 0 saturated carbocycles. The smallest absolute Gasteiger partial charge is 0.389 e. The van der Waals surface area contributed by atoms with Crippen molar-refractivity contribution in [2.24, 2.45) is 0 Å². The number of aliphatic hydroxyl groups is 1. The lowest BCUT2D eigenvalue weighted by Gasteiger charge is -2.23. The van der Waals surface area contributed by atoms with Gasteiger partial charge >= 0.3 is 6.18 Å². The van der Waals surface area contributed by atoms with Crippen LogP contribution in [0.15, 0.2) is 35.1 Å². The van der Waals surface area contributed by atoms with Crippen molar-refractivity contribution in [1.82, 2.24) is 4.57 Å². The molecule has 0 spiro atoms. The monoisotopic (exact) mass is 410 g/mol. The third kappa shape index (κ3) is 5.23. The summed E-state index contributed by atoms with van der Waals surface area (Å²) in [5.41, 5.74) is -2.38. The maximum Gasteiger partial charge on any atom is 0.417 e. The first-order chi connectivity index (χ1) is 13.6. The van der Waals surface area contributed by atoms with Gasteiger partial charge in [0.15, 0.2) is 0 Å². The highest BCUT2D eigenvalue weighted by Gasteiger charge is 2.37. The van der Waals surface area contributed by atoms with E-state index < -0.39 is 35.1 Å². The average Bonchev–Trinajstić information content (AvgIpc) is 2.66. The van der Waals surface area contributed by atoms with E-state index in [0.29, 0.717) is 5.56 Å². The predicted molar refractivity (Wildman–Crippen MR) is 99.0 cm³/mol. The Balaban J connectivity index is 2.67. The third-order valence-electron chi connectivity index (χ3n) is 4.39. The maximum atomic E-state index is 13.5. The van der Waals surface area contributed by atoms with Gasteiger partial charge in [0.2, 0.25) is 0 Å². The zero-order chi connectivity index (χ0) is 21.8. The molecule has 1 N–H and O–H groups in total. The van der Waals surface area contributed by atoms with Crippen molar-refractivity contribution in [2.45, 2.75) is 38.8 Å². The van der Waals surface area contributed by atoms with E-state index in [4.69, 9.17) is 9.47 Å². The largest absolute Gasteiger partial charge is 0.417 e. The minimum Gasteiger partial charge on any atom is -0.389 e. The quantitative estimate of drug-likeness (QED) is 0.709. The van der Waals surface area contributed by atoms with Gasteiger partial charge in [0.05, 0.1) is 30.0 Å². The van der Waals surface area contributed by atoms with E-state index in [2.05, 4.69) is 0 Å². The van der Waals surface area contributed by atoms with Gasteiger partial charge in [-0.05, 0) is 31.5 Å². The molecule has 2 rings (SSSR count). The molecular formula is C20H21F3N2O4. The van der Waals surface area contributed by atoms with E-state index >= 15 is 0 Å². The predicted octanol–water partition coefficient (Wildman–Crippen LogP) is 3.08. The Morgan fingerprint density at radius 3 is 2.55 bits per heavy atom. The molecule has 156 valence electrons. The Morgan fingerprint density at radius 2 is 2.00 bits per heavy atom. The van der Waals surface area contributed by atoms with Crippen LogP contribution in [0.5, 0.6) is 0 Å². The van der Waals surface area contributed by atoms with Crippen molar-refractivity contribution < 1.29 is 27.8 Å². The Bertz CT molecular complexity index is 964. The molecule has 0 fully saturated rings. The topological polar surface area (TPSA) is 84.5 Å². The number of rotatable bonds is 7. The van der Waals surface area contributed by atoms with Crippen molar-refractivity contribution in [3.05, 3.63) is 57.4 Å². The summed E-state index contributed by atoms with van der Waals surface area (Å²) in [4.78, 5) is 12.8. The van der Waals surface area contributed by atoms with Crippen LogP contribution in [-0.4, -0.2) is 35.8 Å². The van der Waals surface area contributed by atoms with Crippen molar-refractivity contribution >= 4 is 0 Å². The van der Waals surface area contributed by atoms with Gasteiger partial charge in [-0.3, -0.25) is 4.79 Å². The molecule has 0 bridgehead atoms.